The number of hydrogen-bond acceptors (Lipinski definition) is 2. The smallest absolute Gasteiger partial charge is 0.270 e. The first-order valence-electron chi connectivity index (χ1n) is 10.3. The first kappa shape index (κ1) is 23.2. The maximum atomic E-state index is 11.9. The third-order valence-electron chi connectivity index (χ3n) is 5.55. The molecule has 26 heavy (non-hydrogen) atoms. The van der Waals surface area contributed by atoms with E-state index in [1.165, 1.54) is 51.4 Å². The highest BCUT2D eigenvalue weighted by Gasteiger charge is 2.41. The lowest BCUT2D eigenvalue weighted by molar-refractivity contribution is 0.392. The van der Waals surface area contributed by atoms with E-state index in [1.807, 2.05) is 30.3 Å². The minimum absolute atomic E-state index is 0.187. The van der Waals surface area contributed by atoms with Crippen molar-refractivity contribution in [3.8, 4) is 0 Å². The zero-order valence-corrected chi connectivity index (χ0v) is 17.7. The molecule has 4 heteroatoms. The van der Waals surface area contributed by atoms with Crippen molar-refractivity contribution in [2.45, 2.75) is 102 Å². The predicted molar refractivity (Wildman–Crippen MR) is 111 cm³/mol. The van der Waals surface area contributed by atoms with Gasteiger partial charge in [-0.3, -0.25) is 4.55 Å². The molecule has 1 aromatic carbocycles. The van der Waals surface area contributed by atoms with E-state index < -0.39 is 14.9 Å². The van der Waals surface area contributed by atoms with Gasteiger partial charge in [0.05, 0.1) is 4.75 Å². The van der Waals surface area contributed by atoms with Gasteiger partial charge in [-0.15, -0.1) is 0 Å². The quantitative estimate of drug-likeness (QED) is 0.286. The van der Waals surface area contributed by atoms with Gasteiger partial charge in [0.1, 0.15) is 0 Å². The number of benzene rings is 1. The molecule has 1 atom stereocenters. The van der Waals surface area contributed by atoms with Crippen LogP contribution in [0.3, 0.4) is 0 Å². The Morgan fingerprint density at radius 3 is 1.77 bits per heavy atom. The Balaban J connectivity index is 2.44. The summed E-state index contributed by atoms with van der Waals surface area (Å²) in [6.45, 7) is 5.51. The molecule has 3 nitrogen and oxygen atoms in total. The van der Waals surface area contributed by atoms with Crippen LogP contribution in [0.5, 0.6) is 0 Å². The van der Waals surface area contributed by atoms with Gasteiger partial charge < -0.3 is 0 Å². The molecule has 0 amide bonds. The lowest BCUT2D eigenvalue weighted by atomic mass is 9.83. The molecule has 1 N–H and O–H groups in total. The van der Waals surface area contributed by atoms with E-state index in [4.69, 9.17) is 0 Å². The highest BCUT2D eigenvalue weighted by Crippen LogP contribution is 2.38. The van der Waals surface area contributed by atoms with Gasteiger partial charge >= 0.3 is 0 Å². The number of hydrogen-bond donors (Lipinski definition) is 1. The van der Waals surface area contributed by atoms with Gasteiger partial charge in [-0.2, -0.15) is 8.42 Å². The Morgan fingerprint density at radius 2 is 1.31 bits per heavy atom. The second-order valence-corrected chi connectivity index (χ2v) is 10.0. The normalized spacial score (nSPS) is 13.7. The molecule has 0 fully saturated rings. The Hall–Kier alpha value is -0.870. The zero-order valence-electron chi connectivity index (χ0n) is 16.9. The molecule has 0 radical (unpaired) electrons. The van der Waals surface area contributed by atoms with Crippen LogP contribution in [0.15, 0.2) is 30.3 Å². The highest BCUT2D eigenvalue weighted by molar-refractivity contribution is 7.87. The van der Waals surface area contributed by atoms with Gasteiger partial charge in [0, 0.05) is 5.92 Å². The lowest BCUT2D eigenvalue weighted by Crippen LogP contribution is -2.38. The van der Waals surface area contributed by atoms with Crippen LogP contribution >= 0.6 is 0 Å². The molecule has 0 aliphatic rings. The first-order valence-corrected chi connectivity index (χ1v) is 11.8. The van der Waals surface area contributed by atoms with Gasteiger partial charge in [0.15, 0.2) is 0 Å². The Bertz CT molecular complexity index is 579. The Labute approximate surface area is 161 Å². The third kappa shape index (κ3) is 7.79. The molecule has 0 bridgehead atoms. The van der Waals surface area contributed by atoms with Crippen LogP contribution in [0.4, 0.5) is 0 Å². The molecule has 1 aromatic rings. The Kier molecular flexibility index (Phi) is 10.5. The van der Waals surface area contributed by atoms with Crippen LogP contribution in [0.25, 0.3) is 0 Å². The highest BCUT2D eigenvalue weighted by atomic mass is 32.2. The van der Waals surface area contributed by atoms with E-state index in [1.54, 1.807) is 13.8 Å². The molecule has 1 unspecified atom stereocenters. The van der Waals surface area contributed by atoms with Crippen molar-refractivity contribution in [3.05, 3.63) is 35.9 Å². The van der Waals surface area contributed by atoms with Gasteiger partial charge in [0.25, 0.3) is 10.1 Å². The SMILES string of the molecule is CCCCCCCCCCCCC(c1ccccc1)C(C)(C)S(=O)(=O)O. The maximum Gasteiger partial charge on any atom is 0.270 e. The molecule has 0 aliphatic heterocycles. The monoisotopic (exact) mass is 382 g/mol. The fourth-order valence-electron chi connectivity index (χ4n) is 3.62. The molecule has 0 saturated heterocycles. The van der Waals surface area contributed by atoms with Gasteiger partial charge in [-0.25, -0.2) is 0 Å². The molecule has 0 spiro atoms. The lowest BCUT2D eigenvalue weighted by Gasteiger charge is -2.32. The second-order valence-electron chi connectivity index (χ2n) is 8.01. The van der Waals surface area contributed by atoms with E-state index in [2.05, 4.69) is 6.92 Å². The van der Waals surface area contributed by atoms with Gasteiger partial charge in [0.2, 0.25) is 0 Å². The molecule has 0 saturated carbocycles. The average Bonchev–Trinajstić information content (AvgIpc) is 2.59. The molecular formula is C22H38O3S. The third-order valence-corrected chi connectivity index (χ3v) is 7.17. The summed E-state index contributed by atoms with van der Waals surface area (Å²) in [7, 11) is -4.11. The summed E-state index contributed by atoms with van der Waals surface area (Å²) in [5, 5.41) is 0. The van der Waals surface area contributed by atoms with E-state index in [0.717, 1.165) is 24.8 Å². The maximum absolute atomic E-state index is 11.9. The van der Waals surface area contributed by atoms with Crippen LogP contribution in [0.2, 0.25) is 0 Å². The fraction of sp³-hybridized carbons (Fsp3) is 0.727. The van der Waals surface area contributed by atoms with Crippen LogP contribution in [-0.4, -0.2) is 17.7 Å². The molecule has 0 aliphatic carbocycles. The largest absolute Gasteiger partial charge is 0.285 e. The molecule has 0 aromatic heterocycles. The van der Waals surface area contributed by atoms with Gasteiger partial charge in [-0.1, -0.05) is 101 Å². The van der Waals surface area contributed by atoms with E-state index in [0.29, 0.717) is 0 Å². The summed E-state index contributed by atoms with van der Waals surface area (Å²) in [4.78, 5) is 0. The summed E-state index contributed by atoms with van der Waals surface area (Å²) in [5.41, 5.74) is 0.992. The van der Waals surface area contributed by atoms with Crippen molar-refractivity contribution in [2.75, 3.05) is 0 Å². The molecule has 0 heterocycles. The minimum atomic E-state index is -4.11. The number of rotatable bonds is 14. The van der Waals surface area contributed by atoms with Crippen molar-refractivity contribution >= 4 is 10.1 Å². The second kappa shape index (κ2) is 11.8. The van der Waals surface area contributed by atoms with Crippen molar-refractivity contribution in [1.29, 1.82) is 0 Å². The standard InChI is InChI=1S/C22H38O3S/c1-4-5-6-7-8-9-10-11-12-16-19-21(20-17-14-13-15-18-20)22(2,3)26(23,24)25/h13-15,17-18,21H,4-12,16,19H2,1-3H3,(H,23,24,25). The van der Waals surface area contributed by atoms with E-state index in [-0.39, 0.29) is 5.92 Å². The fourth-order valence-corrected chi connectivity index (χ4v) is 4.23. The Morgan fingerprint density at radius 1 is 0.846 bits per heavy atom. The summed E-state index contributed by atoms with van der Waals surface area (Å²) in [6.07, 6.45) is 13.4. The summed E-state index contributed by atoms with van der Waals surface area (Å²) < 4.78 is 32.3. The summed E-state index contributed by atoms with van der Waals surface area (Å²) in [6, 6.07) is 9.73. The summed E-state index contributed by atoms with van der Waals surface area (Å²) >= 11 is 0. The molecule has 150 valence electrons. The van der Waals surface area contributed by atoms with Crippen LogP contribution in [0, 0.1) is 0 Å². The van der Waals surface area contributed by atoms with Crippen molar-refractivity contribution in [3.63, 3.8) is 0 Å². The van der Waals surface area contributed by atoms with Gasteiger partial charge in [-0.05, 0) is 25.8 Å². The van der Waals surface area contributed by atoms with E-state index in [9.17, 15) is 13.0 Å². The predicted octanol–water partition coefficient (Wildman–Crippen LogP) is 6.75. The van der Waals surface area contributed by atoms with Crippen molar-refractivity contribution < 1.29 is 13.0 Å². The van der Waals surface area contributed by atoms with E-state index >= 15 is 0 Å². The average molecular weight is 383 g/mol. The van der Waals surface area contributed by atoms with Crippen molar-refractivity contribution in [1.82, 2.24) is 0 Å². The number of unbranched alkanes of at least 4 members (excludes halogenated alkanes) is 9. The van der Waals surface area contributed by atoms with Crippen molar-refractivity contribution in [2.24, 2.45) is 0 Å². The molecular weight excluding hydrogens is 344 g/mol. The van der Waals surface area contributed by atoms with Crippen LogP contribution < -0.4 is 0 Å². The first-order chi connectivity index (χ1) is 12.3. The summed E-state index contributed by atoms with van der Waals surface area (Å²) in [5.74, 6) is -0.187. The minimum Gasteiger partial charge on any atom is -0.285 e. The van der Waals surface area contributed by atoms with Crippen LogP contribution in [0.1, 0.15) is 103 Å². The topological polar surface area (TPSA) is 54.4 Å². The molecule has 1 rings (SSSR count). The zero-order chi connectivity index (χ0) is 19.5. The van der Waals surface area contributed by atoms with Crippen LogP contribution in [-0.2, 0) is 10.1 Å².